The summed E-state index contributed by atoms with van der Waals surface area (Å²) in [5.74, 6) is -0.753. The first-order chi connectivity index (χ1) is 10.4. The molecule has 0 aliphatic rings. The summed E-state index contributed by atoms with van der Waals surface area (Å²) in [7, 11) is 1.66. The van der Waals surface area contributed by atoms with Crippen LogP contribution in [0.15, 0.2) is 34.0 Å². The average molecular weight is 368 g/mol. The Bertz CT molecular complexity index is 771. The van der Waals surface area contributed by atoms with Crippen molar-refractivity contribution >= 4 is 33.7 Å². The summed E-state index contributed by atoms with van der Waals surface area (Å²) >= 11 is 3.18. The van der Waals surface area contributed by atoms with Crippen molar-refractivity contribution in [2.75, 3.05) is 0 Å². The van der Waals surface area contributed by atoms with Gasteiger partial charge in [-0.3, -0.25) is 19.6 Å². The van der Waals surface area contributed by atoms with Crippen molar-refractivity contribution < 1.29 is 14.8 Å². The van der Waals surface area contributed by atoms with E-state index in [1.54, 1.807) is 13.2 Å². The van der Waals surface area contributed by atoms with Gasteiger partial charge in [-0.1, -0.05) is 0 Å². The molecule has 0 saturated heterocycles. The number of phenols is 1. The third-order valence-corrected chi connectivity index (χ3v) is 3.17. The molecule has 0 fully saturated rings. The molecular weight excluding hydrogens is 358 g/mol. The number of aromatic nitrogens is 2. The number of nitro benzene ring substituents is 1. The molecule has 2 rings (SSSR count). The maximum atomic E-state index is 11.8. The van der Waals surface area contributed by atoms with E-state index in [0.717, 1.165) is 18.3 Å². The lowest BCUT2D eigenvalue weighted by atomic mass is 10.2. The standard InChI is InChI=1S/C12H10BrN5O4/c1-17-6-9(13)11(16-17)12(20)15-14-5-7-4-8(18(21)22)2-3-10(7)19/h2-6,19H,1H3,(H,15,20)/b14-5+. The number of carbonyl (C=O) groups excluding carboxylic acids is 1. The fourth-order valence-corrected chi connectivity index (χ4v) is 2.14. The molecule has 0 unspecified atom stereocenters. The number of nitrogens with one attached hydrogen (secondary N) is 1. The van der Waals surface area contributed by atoms with Crippen LogP contribution in [0.5, 0.6) is 5.75 Å². The number of halogens is 1. The fourth-order valence-electron chi connectivity index (χ4n) is 1.59. The molecule has 0 radical (unpaired) electrons. The molecule has 1 amide bonds. The summed E-state index contributed by atoms with van der Waals surface area (Å²) < 4.78 is 1.95. The molecule has 0 aliphatic heterocycles. The number of rotatable bonds is 4. The number of phenolic OH excluding ortho intramolecular Hbond substituents is 1. The van der Waals surface area contributed by atoms with Gasteiger partial charge in [-0.25, -0.2) is 5.43 Å². The van der Waals surface area contributed by atoms with Crippen molar-refractivity contribution in [3.63, 3.8) is 0 Å². The van der Waals surface area contributed by atoms with E-state index in [9.17, 15) is 20.0 Å². The zero-order valence-corrected chi connectivity index (χ0v) is 12.8. The van der Waals surface area contributed by atoms with Gasteiger partial charge >= 0.3 is 0 Å². The van der Waals surface area contributed by atoms with E-state index in [-0.39, 0.29) is 22.7 Å². The molecule has 2 N–H and O–H groups in total. The first-order valence-corrected chi connectivity index (χ1v) is 6.67. The van der Waals surface area contributed by atoms with E-state index in [0.29, 0.717) is 4.47 Å². The van der Waals surface area contributed by atoms with Crippen molar-refractivity contribution in [3.8, 4) is 5.75 Å². The second kappa shape index (κ2) is 6.35. The largest absolute Gasteiger partial charge is 0.507 e. The summed E-state index contributed by atoms with van der Waals surface area (Å²) in [6.45, 7) is 0. The Hall–Kier alpha value is -2.75. The van der Waals surface area contributed by atoms with E-state index >= 15 is 0 Å². The molecule has 2 aromatic rings. The van der Waals surface area contributed by atoms with Crippen LogP contribution >= 0.6 is 15.9 Å². The number of non-ortho nitro benzene ring substituents is 1. The fraction of sp³-hybridized carbons (Fsp3) is 0.0833. The van der Waals surface area contributed by atoms with Crippen LogP contribution < -0.4 is 5.43 Å². The number of hydrogen-bond acceptors (Lipinski definition) is 6. The molecule has 0 saturated carbocycles. The Morgan fingerprint density at radius 2 is 2.32 bits per heavy atom. The number of nitrogens with zero attached hydrogens (tertiary/aromatic N) is 4. The third kappa shape index (κ3) is 3.47. The Morgan fingerprint density at radius 3 is 2.91 bits per heavy atom. The minimum Gasteiger partial charge on any atom is -0.507 e. The van der Waals surface area contributed by atoms with Crippen LogP contribution in [-0.2, 0) is 7.05 Å². The molecule has 0 atom stereocenters. The molecule has 0 aliphatic carbocycles. The molecule has 0 spiro atoms. The Balaban J connectivity index is 2.12. The predicted octanol–water partition coefficient (Wildman–Crippen LogP) is 1.56. The van der Waals surface area contributed by atoms with Crippen LogP contribution in [0, 0.1) is 10.1 Å². The van der Waals surface area contributed by atoms with Crippen molar-refractivity contribution in [2.24, 2.45) is 12.1 Å². The van der Waals surface area contributed by atoms with Gasteiger partial charge in [-0.05, 0) is 22.0 Å². The molecule has 22 heavy (non-hydrogen) atoms. The van der Waals surface area contributed by atoms with Crippen molar-refractivity contribution in [1.29, 1.82) is 0 Å². The maximum Gasteiger partial charge on any atom is 0.293 e. The Labute approximate surface area is 132 Å². The highest BCUT2D eigenvalue weighted by molar-refractivity contribution is 9.10. The third-order valence-electron chi connectivity index (χ3n) is 2.59. The number of carbonyl (C=O) groups is 1. The van der Waals surface area contributed by atoms with Gasteiger partial charge in [0.1, 0.15) is 5.75 Å². The summed E-state index contributed by atoms with van der Waals surface area (Å²) in [5.41, 5.74) is 2.27. The minimum absolute atomic E-state index is 0.106. The van der Waals surface area contributed by atoms with Crippen LogP contribution in [-0.4, -0.2) is 31.9 Å². The van der Waals surface area contributed by atoms with E-state index < -0.39 is 10.8 Å². The normalized spacial score (nSPS) is 10.8. The SMILES string of the molecule is Cn1cc(Br)c(C(=O)N/N=C/c2cc([N+](=O)[O-])ccc2O)n1. The highest BCUT2D eigenvalue weighted by atomic mass is 79.9. The molecule has 0 bridgehead atoms. The van der Waals surface area contributed by atoms with Gasteiger partial charge in [-0.2, -0.15) is 10.2 Å². The molecular formula is C12H10BrN5O4. The number of hydrazone groups is 1. The van der Waals surface area contributed by atoms with Crippen molar-refractivity contribution in [2.45, 2.75) is 0 Å². The summed E-state index contributed by atoms with van der Waals surface area (Å²) in [6.07, 6.45) is 2.71. The van der Waals surface area contributed by atoms with Crippen LogP contribution in [0.2, 0.25) is 0 Å². The maximum absolute atomic E-state index is 11.8. The van der Waals surface area contributed by atoms with Crippen molar-refractivity contribution in [1.82, 2.24) is 15.2 Å². The Morgan fingerprint density at radius 1 is 1.59 bits per heavy atom. The summed E-state index contributed by atoms with van der Waals surface area (Å²) in [6, 6.07) is 3.48. The van der Waals surface area contributed by atoms with E-state index in [4.69, 9.17) is 0 Å². The van der Waals surface area contributed by atoms with Gasteiger partial charge in [0.2, 0.25) is 0 Å². The lowest BCUT2D eigenvalue weighted by Crippen LogP contribution is -2.19. The number of hydrogen-bond donors (Lipinski definition) is 2. The van der Waals surface area contributed by atoms with E-state index in [1.807, 2.05) is 0 Å². The lowest BCUT2D eigenvalue weighted by Gasteiger charge is -1.99. The minimum atomic E-state index is -0.597. The molecule has 1 aromatic heterocycles. The molecule has 10 heteroatoms. The zero-order valence-electron chi connectivity index (χ0n) is 11.2. The second-order valence-corrected chi connectivity index (χ2v) is 5.05. The van der Waals surface area contributed by atoms with E-state index in [1.165, 1.54) is 10.7 Å². The van der Waals surface area contributed by atoms with Gasteiger partial charge in [0.15, 0.2) is 5.69 Å². The average Bonchev–Trinajstić information content (AvgIpc) is 2.79. The van der Waals surface area contributed by atoms with Gasteiger partial charge in [0.05, 0.1) is 15.6 Å². The molecule has 114 valence electrons. The van der Waals surface area contributed by atoms with Gasteiger partial charge in [0.25, 0.3) is 11.6 Å². The second-order valence-electron chi connectivity index (χ2n) is 4.20. The van der Waals surface area contributed by atoms with Crippen LogP contribution in [0.4, 0.5) is 5.69 Å². The van der Waals surface area contributed by atoms with Crippen molar-refractivity contribution in [3.05, 3.63) is 50.2 Å². The van der Waals surface area contributed by atoms with Crippen LogP contribution in [0.1, 0.15) is 16.1 Å². The van der Waals surface area contributed by atoms with Crippen LogP contribution in [0.3, 0.4) is 0 Å². The predicted molar refractivity (Wildman–Crippen MR) is 80.7 cm³/mol. The topological polar surface area (TPSA) is 123 Å². The smallest absolute Gasteiger partial charge is 0.293 e. The molecule has 9 nitrogen and oxygen atoms in total. The Kier molecular flexibility index (Phi) is 4.51. The first kappa shape index (κ1) is 15.6. The van der Waals surface area contributed by atoms with Gasteiger partial charge in [-0.15, -0.1) is 0 Å². The quantitative estimate of drug-likeness (QED) is 0.482. The number of aryl methyl sites for hydroxylation is 1. The monoisotopic (exact) mass is 367 g/mol. The van der Waals surface area contributed by atoms with E-state index in [2.05, 4.69) is 31.6 Å². The van der Waals surface area contributed by atoms with Gasteiger partial charge < -0.3 is 5.11 Å². The summed E-state index contributed by atoms with van der Waals surface area (Å²) in [4.78, 5) is 21.9. The highest BCUT2D eigenvalue weighted by Gasteiger charge is 2.13. The highest BCUT2D eigenvalue weighted by Crippen LogP contribution is 2.21. The zero-order chi connectivity index (χ0) is 16.3. The number of aromatic hydroxyl groups is 1. The number of amides is 1. The molecule has 1 heterocycles. The lowest BCUT2D eigenvalue weighted by molar-refractivity contribution is -0.384. The molecule has 1 aromatic carbocycles. The van der Waals surface area contributed by atoms with Gasteiger partial charge in [0, 0.05) is 30.9 Å². The van der Waals surface area contributed by atoms with Crippen LogP contribution in [0.25, 0.3) is 0 Å². The first-order valence-electron chi connectivity index (χ1n) is 5.88. The number of benzene rings is 1. The number of nitro groups is 1. The summed E-state index contributed by atoms with van der Waals surface area (Å²) in [5, 5.41) is 27.9.